The molecule has 2 N–H and O–H groups in total. The third-order valence-corrected chi connectivity index (χ3v) is 3.96. The van der Waals surface area contributed by atoms with Crippen LogP contribution in [0.3, 0.4) is 0 Å². The van der Waals surface area contributed by atoms with E-state index < -0.39 is 0 Å². The average molecular weight is 338 g/mol. The lowest BCUT2D eigenvalue weighted by atomic mass is 10.2. The zero-order valence-electron chi connectivity index (χ0n) is 13.7. The van der Waals surface area contributed by atoms with Crippen molar-refractivity contribution in [2.75, 3.05) is 19.6 Å². The number of nitrogens with one attached hydrogen (secondary N) is 2. The summed E-state index contributed by atoms with van der Waals surface area (Å²) < 4.78 is 0. The number of carbonyl (C=O) groups excluding carboxylic acids is 1. The smallest absolute Gasteiger partial charge is 0.222 e. The van der Waals surface area contributed by atoms with Crippen LogP contribution >= 0.6 is 11.6 Å². The second-order valence-corrected chi connectivity index (χ2v) is 5.89. The number of aromatic nitrogens is 1. The van der Waals surface area contributed by atoms with E-state index in [0.717, 1.165) is 37.6 Å². The van der Waals surface area contributed by atoms with Gasteiger partial charge in [0, 0.05) is 38.3 Å². The first-order valence-electron chi connectivity index (χ1n) is 8.05. The molecule has 1 aliphatic heterocycles. The first kappa shape index (κ1) is 17.5. The lowest BCUT2D eigenvalue weighted by molar-refractivity contribution is -0.129. The Hall–Kier alpha value is -1.82. The molecule has 1 aromatic heterocycles. The van der Waals surface area contributed by atoms with E-state index in [-0.39, 0.29) is 11.9 Å². The van der Waals surface area contributed by atoms with Gasteiger partial charge in [0.1, 0.15) is 5.15 Å². The maximum Gasteiger partial charge on any atom is 0.222 e. The van der Waals surface area contributed by atoms with Gasteiger partial charge < -0.3 is 15.5 Å². The summed E-state index contributed by atoms with van der Waals surface area (Å²) in [5.74, 6) is 0.974. The normalized spacial score (nSPS) is 18.1. The highest BCUT2D eigenvalue weighted by Gasteiger charge is 2.25. The fourth-order valence-corrected chi connectivity index (χ4v) is 2.62. The average Bonchev–Trinajstić information content (AvgIpc) is 3.02. The number of nitrogens with zero attached hydrogens (tertiary/aromatic N) is 3. The van der Waals surface area contributed by atoms with Crippen molar-refractivity contribution in [1.29, 1.82) is 0 Å². The van der Waals surface area contributed by atoms with Crippen molar-refractivity contribution in [3.05, 3.63) is 29.0 Å². The minimum atomic E-state index is 0.212. The zero-order chi connectivity index (χ0) is 16.7. The Labute approximate surface area is 142 Å². The van der Waals surface area contributed by atoms with Crippen LogP contribution in [0.15, 0.2) is 23.3 Å². The molecule has 1 fully saturated rings. The standard InChI is InChI=1S/C16H24ClN5O/c1-3-15(23)22-8-7-13(11-22)21-16(18-4-2)20-10-12-5-6-14(17)19-9-12/h5-6,9,13H,3-4,7-8,10-11H2,1-2H3,(H2,18,20,21). The summed E-state index contributed by atoms with van der Waals surface area (Å²) in [5.41, 5.74) is 1.00. The fraction of sp³-hybridized carbons (Fsp3) is 0.562. The largest absolute Gasteiger partial charge is 0.357 e. The Balaban J connectivity index is 1.92. The highest BCUT2D eigenvalue weighted by atomic mass is 35.5. The van der Waals surface area contributed by atoms with Gasteiger partial charge in [0.2, 0.25) is 5.91 Å². The molecule has 0 radical (unpaired) electrons. The molecule has 1 saturated heterocycles. The minimum Gasteiger partial charge on any atom is -0.357 e. The quantitative estimate of drug-likeness (QED) is 0.488. The predicted octanol–water partition coefficient (Wildman–Crippen LogP) is 1.80. The number of hydrogen-bond acceptors (Lipinski definition) is 3. The van der Waals surface area contributed by atoms with Gasteiger partial charge in [-0.05, 0) is 25.0 Å². The maximum atomic E-state index is 11.7. The van der Waals surface area contributed by atoms with Crippen LogP contribution in [0.4, 0.5) is 0 Å². The van der Waals surface area contributed by atoms with E-state index in [2.05, 4.69) is 20.6 Å². The number of likely N-dealkylation sites (tertiary alicyclic amines) is 1. The van der Waals surface area contributed by atoms with Crippen LogP contribution in [0.5, 0.6) is 0 Å². The van der Waals surface area contributed by atoms with Crippen LogP contribution in [0.25, 0.3) is 0 Å². The Morgan fingerprint density at radius 3 is 2.96 bits per heavy atom. The van der Waals surface area contributed by atoms with E-state index in [1.807, 2.05) is 24.8 Å². The Kier molecular flexibility index (Phi) is 6.65. The first-order chi connectivity index (χ1) is 11.1. The van der Waals surface area contributed by atoms with E-state index in [9.17, 15) is 4.79 Å². The second-order valence-electron chi connectivity index (χ2n) is 5.51. The molecule has 1 atom stereocenters. The molecule has 2 rings (SSSR count). The van der Waals surface area contributed by atoms with Crippen molar-refractivity contribution in [3.8, 4) is 0 Å². The Morgan fingerprint density at radius 1 is 1.48 bits per heavy atom. The number of amides is 1. The molecule has 1 aliphatic rings. The third-order valence-electron chi connectivity index (χ3n) is 3.74. The number of guanidine groups is 1. The number of carbonyl (C=O) groups is 1. The Morgan fingerprint density at radius 2 is 2.30 bits per heavy atom. The van der Waals surface area contributed by atoms with Crippen LogP contribution in [0.1, 0.15) is 32.3 Å². The van der Waals surface area contributed by atoms with Crippen LogP contribution in [0, 0.1) is 0 Å². The zero-order valence-corrected chi connectivity index (χ0v) is 14.4. The number of rotatable bonds is 5. The molecule has 0 spiro atoms. The lowest BCUT2D eigenvalue weighted by Gasteiger charge is -2.18. The van der Waals surface area contributed by atoms with Crippen molar-refractivity contribution in [2.24, 2.45) is 4.99 Å². The number of halogens is 1. The molecule has 23 heavy (non-hydrogen) atoms. The summed E-state index contributed by atoms with van der Waals surface area (Å²) in [6.45, 7) is 6.79. The van der Waals surface area contributed by atoms with Crippen molar-refractivity contribution < 1.29 is 4.79 Å². The third kappa shape index (κ3) is 5.39. The van der Waals surface area contributed by atoms with E-state index in [1.165, 1.54) is 0 Å². The number of pyridine rings is 1. The van der Waals surface area contributed by atoms with Gasteiger partial charge in [-0.25, -0.2) is 9.98 Å². The predicted molar refractivity (Wildman–Crippen MR) is 92.5 cm³/mol. The molecule has 7 heteroatoms. The van der Waals surface area contributed by atoms with Gasteiger partial charge >= 0.3 is 0 Å². The SMILES string of the molecule is CCNC(=NCc1ccc(Cl)nc1)NC1CCN(C(=O)CC)C1. The molecule has 2 heterocycles. The summed E-state index contributed by atoms with van der Waals surface area (Å²) in [7, 11) is 0. The van der Waals surface area contributed by atoms with Crippen LogP contribution in [-0.2, 0) is 11.3 Å². The molecule has 1 unspecified atom stereocenters. The summed E-state index contributed by atoms with van der Waals surface area (Å²) in [5, 5.41) is 7.13. The molecular weight excluding hydrogens is 314 g/mol. The lowest BCUT2D eigenvalue weighted by Crippen LogP contribution is -2.45. The molecule has 0 saturated carbocycles. The van der Waals surface area contributed by atoms with Gasteiger partial charge in [0.15, 0.2) is 5.96 Å². The fourth-order valence-electron chi connectivity index (χ4n) is 2.51. The van der Waals surface area contributed by atoms with Gasteiger partial charge in [-0.3, -0.25) is 4.79 Å². The monoisotopic (exact) mass is 337 g/mol. The van der Waals surface area contributed by atoms with Gasteiger partial charge in [0.05, 0.1) is 6.54 Å². The maximum absolute atomic E-state index is 11.7. The number of aliphatic imine (C=N–C) groups is 1. The van der Waals surface area contributed by atoms with Crippen LogP contribution < -0.4 is 10.6 Å². The van der Waals surface area contributed by atoms with Crippen molar-refractivity contribution >= 4 is 23.5 Å². The molecular formula is C16H24ClN5O. The minimum absolute atomic E-state index is 0.212. The highest BCUT2D eigenvalue weighted by Crippen LogP contribution is 2.11. The van der Waals surface area contributed by atoms with E-state index >= 15 is 0 Å². The van der Waals surface area contributed by atoms with E-state index in [0.29, 0.717) is 18.1 Å². The van der Waals surface area contributed by atoms with Crippen LogP contribution in [-0.4, -0.2) is 47.4 Å². The molecule has 6 nitrogen and oxygen atoms in total. The molecule has 126 valence electrons. The van der Waals surface area contributed by atoms with E-state index in [1.54, 1.807) is 12.3 Å². The molecule has 1 aromatic rings. The molecule has 0 bridgehead atoms. The number of hydrogen-bond donors (Lipinski definition) is 2. The van der Waals surface area contributed by atoms with Gasteiger partial charge in [-0.15, -0.1) is 0 Å². The molecule has 1 amide bonds. The summed E-state index contributed by atoms with van der Waals surface area (Å²) in [6.07, 6.45) is 3.23. The first-order valence-corrected chi connectivity index (χ1v) is 8.43. The van der Waals surface area contributed by atoms with Gasteiger partial charge in [-0.2, -0.15) is 0 Å². The van der Waals surface area contributed by atoms with Gasteiger partial charge in [0.25, 0.3) is 0 Å². The van der Waals surface area contributed by atoms with Crippen molar-refractivity contribution in [1.82, 2.24) is 20.5 Å². The highest BCUT2D eigenvalue weighted by molar-refractivity contribution is 6.29. The van der Waals surface area contributed by atoms with Gasteiger partial charge in [-0.1, -0.05) is 24.6 Å². The summed E-state index contributed by atoms with van der Waals surface area (Å²) >= 11 is 5.78. The summed E-state index contributed by atoms with van der Waals surface area (Å²) in [4.78, 5) is 22.3. The molecule has 0 aliphatic carbocycles. The Bertz CT molecular complexity index is 546. The van der Waals surface area contributed by atoms with Crippen LogP contribution in [0.2, 0.25) is 5.15 Å². The van der Waals surface area contributed by atoms with Crippen molar-refractivity contribution in [3.63, 3.8) is 0 Å². The summed E-state index contributed by atoms with van der Waals surface area (Å²) in [6, 6.07) is 3.92. The topological polar surface area (TPSA) is 69.6 Å². The molecule has 0 aromatic carbocycles. The van der Waals surface area contributed by atoms with E-state index in [4.69, 9.17) is 11.6 Å². The van der Waals surface area contributed by atoms with Crippen molar-refractivity contribution in [2.45, 2.75) is 39.3 Å². The second kappa shape index (κ2) is 8.72.